The maximum absolute atomic E-state index is 9.91. The molecule has 0 aliphatic carbocycles. The minimum absolute atomic E-state index is 0.337. The zero-order chi connectivity index (χ0) is 13.0. The van der Waals surface area contributed by atoms with E-state index in [0.717, 1.165) is 11.4 Å². The highest BCUT2D eigenvalue weighted by Crippen LogP contribution is 2.27. The van der Waals surface area contributed by atoms with Gasteiger partial charge >= 0.3 is 0 Å². The van der Waals surface area contributed by atoms with Crippen LogP contribution in [0.4, 0.5) is 0 Å². The molecular formula is C13H17N3O2. The van der Waals surface area contributed by atoms with E-state index in [4.69, 9.17) is 4.74 Å². The van der Waals surface area contributed by atoms with Crippen LogP contribution in [-0.4, -0.2) is 19.9 Å². The van der Waals surface area contributed by atoms with E-state index in [9.17, 15) is 5.11 Å². The molecule has 5 heteroatoms. The Hall–Kier alpha value is -1.88. The fraction of sp³-hybridized carbons (Fsp3) is 0.385. The van der Waals surface area contributed by atoms with E-state index in [1.165, 1.54) is 0 Å². The molecule has 0 saturated heterocycles. The SMILES string of the molecule is CC[C@H](O)c1ccccc1OCc1nncn1C. The maximum Gasteiger partial charge on any atom is 0.170 e. The van der Waals surface area contributed by atoms with Crippen molar-refractivity contribution in [2.75, 3.05) is 0 Å². The van der Waals surface area contributed by atoms with Crippen molar-refractivity contribution >= 4 is 0 Å². The molecule has 5 nitrogen and oxygen atoms in total. The number of aliphatic hydroxyl groups excluding tert-OH is 1. The van der Waals surface area contributed by atoms with Gasteiger partial charge in [-0.05, 0) is 12.5 Å². The number of para-hydroxylation sites is 1. The topological polar surface area (TPSA) is 60.2 Å². The van der Waals surface area contributed by atoms with Gasteiger partial charge in [0.25, 0.3) is 0 Å². The molecule has 0 aliphatic heterocycles. The Bertz CT molecular complexity index is 510. The monoisotopic (exact) mass is 247 g/mol. The van der Waals surface area contributed by atoms with Crippen molar-refractivity contribution in [3.8, 4) is 5.75 Å². The Kier molecular flexibility index (Phi) is 3.94. The molecule has 0 spiro atoms. The van der Waals surface area contributed by atoms with E-state index in [2.05, 4.69) is 10.2 Å². The summed E-state index contributed by atoms with van der Waals surface area (Å²) in [6.45, 7) is 2.27. The number of hydrogen-bond acceptors (Lipinski definition) is 4. The maximum atomic E-state index is 9.91. The molecule has 18 heavy (non-hydrogen) atoms. The van der Waals surface area contributed by atoms with Gasteiger partial charge in [0.15, 0.2) is 5.82 Å². The lowest BCUT2D eigenvalue weighted by Crippen LogP contribution is -2.06. The van der Waals surface area contributed by atoms with Crippen LogP contribution < -0.4 is 4.74 Å². The molecule has 1 atom stereocenters. The van der Waals surface area contributed by atoms with E-state index in [1.807, 2.05) is 38.2 Å². The van der Waals surface area contributed by atoms with Gasteiger partial charge in [0.1, 0.15) is 18.7 Å². The molecule has 0 aliphatic rings. The predicted molar refractivity (Wildman–Crippen MR) is 67.0 cm³/mol. The van der Waals surface area contributed by atoms with Gasteiger partial charge in [0.2, 0.25) is 0 Å². The van der Waals surface area contributed by atoms with Crippen LogP contribution in [-0.2, 0) is 13.7 Å². The summed E-state index contributed by atoms with van der Waals surface area (Å²) in [6.07, 6.45) is 1.79. The zero-order valence-corrected chi connectivity index (χ0v) is 10.6. The van der Waals surface area contributed by atoms with Crippen LogP contribution in [0.1, 0.15) is 30.8 Å². The van der Waals surface area contributed by atoms with E-state index < -0.39 is 6.10 Å². The average molecular weight is 247 g/mol. The number of ether oxygens (including phenoxy) is 1. The molecule has 96 valence electrons. The first-order valence-corrected chi connectivity index (χ1v) is 5.95. The van der Waals surface area contributed by atoms with Crippen molar-refractivity contribution < 1.29 is 9.84 Å². The lowest BCUT2D eigenvalue weighted by molar-refractivity contribution is 0.165. The Morgan fingerprint density at radius 1 is 1.39 bits per heavy atom. The largest absolute Gasteiger partial charge is 0.485 e. The first kappa shape index (κ1) is 12.6. The second-order valence-corrected chi connectivity index (χ2v) is 4.11. The normalized spacial score (nSPS) is 12.4. The number of aromatic nitrogens is 3. The van der Waals surface area contributed by atoms with Gasteiger partial charge in [-0.1, -0.05) is 25.1 Å². The summed E-state index contributed by atoms with van der Waals surface area (Å²) in [7, 11) is 1.87. The van der Waals surface area contributed by atoms with E-state index in [1.54, 1.807) is 10.9 Å². The molecule has 1 heterocycles. The third kappa shape index (κ3) is 2.68. The summed E-state index contributed by atoms with van der Waals surface area (Å²) >= 11 is 0. The Balaban J connectivity index is 2.12. The highest BCUT2D eigenvalue weighted by Gasteiger charge is 2.11. The van der Waals surface area contributed by atoms with Crippen LogP contribution in [0, 0.1) is 0 Å². The number of aliphatic hydroxyl groups is 1. The zero-order valence-electron chi connectivity index (χ0n) is 10.6. The van der Waals surface area contributed by atoms with E-state index in [0.29, 0.717) is 18.8 Å². The number of hydrogen-bond donors (Lipinski definition) is 1. The summed E-state index contributed by atoms with van der Waals surface area (Å²) in [5.74, 6) is 1.44. The summed E-state index contributed by atoms with van der Waals surface area (Å²) in [5, 5.41) is 17.7. The van der Waals surface area contributed by atoms with Crippen LogP contribution in [0.2, 0.25) is 0 Å². The number of rotatable bonds is 5. The van der Waals surface area contributed by atoms with Crippen molar-refractivity contribution in [1.82, 2.24) is 14.8 Å². The predicted octanol–water partition coefficient (Wildman–Crippen LogP) is 1.84. The lowest BCUT2D eigenvalue weighted by Gasteiger charge is -2.14. The van der Waals surface area contributed by atoms with Gasteiger partial charge in [-0.2, -0.15) is 0 Å². The highest BCUT2D eigenvalue weighted by molar-refractivity contribution is 5.35. The van der Waals surface area contributed by atoms with Gasteiger partial charge in [-0.15, -0.1) is 10.2 Å². The van der Waals surface area contributed by atoms with Gasteiger partial charge < -0.3 is 14.4 Å². The second-order valence-electron chi connectivity index (χ2n) is 4.11. The minimum Gasteiger partial charge on any atom is -0.485 e. The summed E-state index contributed by atoms with van der Waals surface area (Å²) in [4.78, 5) is 0. The van der Waals surface area contributed by atoms with Crippen molar-refractivity contribution in [3.63, 3.8) is 0 Å². The van der Waals surface area contributed by atoms with Crippen LogP contribution in [0.5, 0.6) is 5.75 Å². The molecule has 0 unspecified atom stereocenters. The second kappa shape index (κ2) is 5.64. The lowest BCUT2D eigenvalue weighted by atomic mass is 10.1. The molecule has 0 bridgehead atoms. The summed E-state index contributed by atoms with van der Waals surface area (Å²) in [6, 6.07) is 7.51. The van der Waals surface area contributed by atoms with Gasteiger partial charge in [-0.25, -0.2) is 0 Å². The van der Waals surface area contributed by atoms with Crippen molar-refractivity contribution in [2.45, 2.75) is 26.1 Å². The van der Waals surface area contributed by atoms with Gasteiger partial charge in [-0.3, -0.25) is 0 Å². The van der Waals surface area contributed by atoms with Crippen molar-refractivity contribution in [3.05, 3.63) is 42.0 Å². The summed E-state index contributed by atoms with van der Waals surface area (Å²) < 4.78 is 7.51. The highest BCUT2D eigenvalue weighted by atomic mass is 16.5. The first-order valence-electron chi connectivity index (χ1n) is 5.95. The molecule has 0 saturated carbocycles. The average Bonchev–Trinajstić information content (AvgIpc) is 2.81. The van der Waals surface area contributed by atoms with Crippen LogP contribution >= 0.6 is 0 Å². The summed E-state index contributed by atoms with van der Waals surface area (Å²) in [5.41, 5.74) is 0.808. The third-order valence-electron chi connectivity index (χ3n) is 2.83. The van der Waals surface area contributed by atoms with Crippen LogP contribution in [0.15, 0.2) is 30.6 Å². The molecule has 1 N–H and O–H groups in total. The smallest absolute Gasteiger partial charge is 0.170 e. The van der Waals surface area contributed by atoms with Crippen molar-refractivity contribution in [2.24, 2.45) is 7.05 Å². The first-order chi connectivity index (χ1) is 8.72. The number of benzene rings is 1. The quantitative estimate of drug-likeness (QED) is 0.875. The fourth-order valence-electron chi connectivity index (χ4n) is 1.69. The third-order valence-corrected chi connectivity index (χ3v) is 2.83. The molecule has 0 amide bonds. The number of nitrogens with zero attached hydrogens (tertiary/aromatic N) is 3. The van der Waals surface area contributed by atoms with Crippen molar-refractivity contribution in [1.29, 1.82) is 0 Å². The van der Waals surface area contributed by atoms with Crippen LogP contribution in [0.3, 0.4) is 0 Å². The molecule has 1 aromatic carbocycles. The molecule has 0 radical (unpaired) electrons. The molecule has 2 aromatic rings. The molecule has 2 rings (SSSR count). The van der Waals surface area contributed by atoms with Gasteiger partial charge in [0, 0.05) is 12.6 Å². The Labute approximate surface area is 106 Å². The molecular weight excluding hydrogens is 230 g/mol. The number of aryl methyl sites for hydroxylation is 1. The fourth-order valence-corrected chi connectivity index (χ4v) is 1.69. The Morgan fingerprint density at radius 3 is 2.83 bits per heavy atom. The Morgan fingerprint density at radius 2 is 2.17 bits per heavy atom. The standard InChI is InChI=1S/C13H17N3O2/c1-3-11(17)10-6-4-5-7-12(10)18-8-13-15-14-9-16(13)2/h4-7,9,11,17H,3,8H2,1-2H3/t11-/m0/s1. The van der Waals surface area contributed by atoms with E-state index in [-0.39, 0.29) is 0 Å². The molecule has 1 aromatic heterocycles. The van der Waals surface area contributed by atoms with E-state index >= 15 is 0 Å². The minimum atomic E-state index is -0.499. The molecule has 0 fully saturated rings. The van der Waals surface area contributed by atoms with Crippen LogP contribution in [0.25, 0.3) is 0 Å². The van der Waals surface area contributed by atoms with Gasteiger partial charge in [0.05, 0.1) is 6.10 Å².